The highest BCUT2D eigenvalue weighted by Crippen LogP contribution is 2.28. The second-order valence-electron chi connectivity index (χ2n) is 3.84. The number of nitrogens with zero attached hydrogens (tertiary/aromatic N) is 2. The van der Waals surface area contributed by atoms with Gasteiger partial charge in [0.2, 0.25) is 0 Å². The van der Waals surface area contributed by atoms with E-state index in [2.05, 4.69) is 26.5 Å². The molecule has 18 heavy (non-hydrogen) atoms. The third-order valence-electron chi connectivity index (χ3n) is 2.78. The second kappa shape index (κ2) is 5.60. The van der Waals surface area contributed by atoms with Crippen LogP contribution in [0.4, 0.5) is 4.39 Å². The Morgan fingerprint density at radius 3 is 2.94 bits per heavy atom. The molecule has 1 unspecified atom stereocenters. The van der Waals surface area contributed by atoms with E-state index >= 15 is 0 Å². The van der Waals surface area contributed by atoms with Gasteiger partial charge in [0.05, 0.1) is 11.7 Å². The zero-order valence-corrected chi connectivity index (χ0v) is 11.5. The molecule has 1 aromatic carbocycles. The summed E-state index contributed by atoms with van der Waals surface area (Å²) in [6.45, 7) is 2.72. The number of aromatic nitrogens is 2. The fourth-order valence-corrected chi connectivity index (χ4v) is 2.40. The summed E-state index contributed by atoms with van der Waals surface area (Å²) in [5.74, 6) is 5.31. The second-order valence-corrected chi connectivity index (χ2v) is 4.69. The van der Waals surface area contributed by atoms with Crippen molar-refractivity contribution in [1.82, 2.24) is 15.2 Å². The number of benzene rings is 1. The van der Waals surface area contributed by atoms with Crippen molar-refractivity contribution in [3.63, 3.8) is 0 Å². The van der Waals surface area contributed by atoms with Gasteiger partial charge in [-0.2, -0.15) is 5.10 Å². The number of nitrogens with two attached hydrogens (primary N) is 1. The van der Waals surface area contributed by atoms with Gasteiger partial charge in [0.25, 0.3) is 0 Å². The minimum Gasteiger partial charge on any atom is -0.271 e. The average Bonchev–Trinajstić information content (AvgIpc) is 2.83. The monoisotopic (exact) mass is 312 g/mol. The third kappa shape index (κ3) is 2.45. The summed E-state index contributed by atoms with van der Waals surface area (Å²) in [6.07, 6.45) is 1.70. The molecule has 0 saturated heterocycles. The smallest absolute Gasteiger partial charge is 0.123 e. The number of hydrogen-bond acceptors (Lipinski definition) is 3. The van der Waals surface area contributed by atoms with Crippen LogP contribution in [0.15, 0.2) is 34.9 Å². The van der Waals surface area contributed by atoms with E-state index in [4.69, 9.17) is 5.84 Å². The van der Waals surface area contributed by atoms with Crippen molar-refractivity contribution >= 4 is 15.9 Å². The molecular formula is C12H14BrFN4. The summed E-state index contributed by atoms with van der Waals surface area (Å²) in [5, 5.41) is 4.19. The molecule has 2 aromatic rings. The SMILES string of the molecule is CCn1nccc1C(NN)c1cc(F)ccc1Br. The van der Waals surface area contributed by atoms with Crippen LogP contribution in [0, 0.1) is 5.82 Å². The minimum absolute atomic E-state index is 0.295. The Hall–Kier alpha value is -1.24. The van der Waals surface area contributed by atoms with Crippen LogP contribution in [0.2, 0.25) is 0 Å². The molecule has 0 fully saturated rings. The highest BCUT2D eigenvalue weighted by molar-refractivity contribution is 9.10. The van der Waals surface area contributed by atoms with E-state index in [1.807, 2.05) is 17.7 Å². The minimum atomic E-state index is -0.308. The van der Waals surface area contributed by atoms with Crippen molar-refractivity contribution in [2.75, 3.05) is 0 Å². The van der Waals surface area contributed by atoms with Gasteiger partial charge in [-0.15, -0.1) is 0 Å². The molecule has 4 nitrogen and oxygen atoms in total. The molecule has 2 rings (SSSR count). The first kappa shape index (κ1) is 13.2. The van der Waals surface area contributed by atoms with Crippen LogP contribution in [0.1, 0.15) is 24.2 Å². The summed E-state index contributed by atoms with van der Waals surface area (Å²) in [5.41, 5.74) is 4.34. The molecule has 1 heterocycles. The normalized spacial score (nSPS) is 12.7. The van der Waals surface area contributed by atoms with Crippen LogP contribution < -0.4 is 11.3 Å². The van der Waals surface area contributed by atoms with Crippen molar-refractivity contribution in [3.05, 3.63) is 52.0 Å². The summed E-state index contributed by atoms with van der Waals surface area (Å²) < 4.78 is 16.0. The zero-order chi connectivity index (χ0) is 13.1. The molecule has 0 radical (unpaired) electrons. The Labute approximate surface area is 113 Å². The van der Waals surface area contributed by atoms with Gasteiger partial charge in [-0.05, 0) is 36.8 Å². The molecule has 6 heteroatoms. The molecule has 0 aliphatic heterocycles. The molecule has 0 aliphatic carbocycles. The van der Waals surface area contributed by atoms with Crippen LogP contribution in [0.3, 0.4) is 0 Å². The van der Waals surface area contributed by atoms with Crippen molar-refractivity contribution < 1.29 is 4.39 Å². The average molecular weight is 313 g/mol. The molecule has 0 amide bonds. The molecule has 3 N–H and O–H groups in total. The van der Waals surface area contributed by atoms with Crippen LogP contribution in [-0.2, 0) is 6.54 Å². The number of hydrogen-bond donors (Lipinski definition) is 2. The fraction of sp³-hybridized carbons (Fsp3) is 0.250. The van der Waals surface area contributed by atoms with Crippen LogP contribution in [-0.4, -0.2) is 9.78 Å². The van der Waals surface area contributed by atoms with Gasteiger partial charge in [0, 0.05) is 17.2 Å². The number of rotatable bonds is 4. The molecule has 0 bridgehead atoms. The lowest BCUT2D eigenvalue weighted by Crippen LogP contribution is -2.31. The first-order valence-electron chi connectivity index (χ1n) is 5.60. The number of nitrogens with one attached hydrogen (secondary N) is 1. The van der Waals surface area contributed by atoms with E-state index in [-0.39, 0.29) is 11.9 Å². The van der Waals surface area contributed by atoms with Crippen molar-refractivity contribution in [3.8, 4) is 0 Å². The molecular weight excluding hydrogens is 299 g/mol. The Balaban J connectivity index is 2.48. The van der Waals surface area contributed by atoms with Crippen molar-refractivity contribution in [2.24, 2.45) is 5.84 Å². The lowest BCUT2D eigenvalue weighted by atomic mass is 10.0. The van der Waals surface area contributed by atoms with Crippen LogP contribution >= 0.6 is 15.9 Å². The third-order valence-corrected chi connectivity index (χ3v) is 3.50. The van der Waals surface area contributed by atoms with E-state index < -0.39 is 0 Å². The summed E-state index contributed by atoms with van der Waals surface area (Å²) in [4.78, 5) is 0. The van der Waals surface area contributed by atoms with E-state index in [0.29, 0.717) is 0 Å². The predicted octanol–water partition coefficient (Wildman–Crippen LogP) is 2.36. The maximum absolute atomic E-state index is 13.4. The molecule has 1 atom stereocenters. The lowest BCUT2D eigenvalue weighted by Gasteiger charge is -2.19. The summed E-state index contributed by atoms with van der Waals surface area (Å²) in [6, 6.07) is 6.09. The largest absolute Gasteiger partial charge is 0.271 e. The van der Waals surface area contributed by atoms with Crippen molar-refractivity contribution in [2.45, 2.75) is 19.5 Å². The van der Waals surface area contributed by atoms with Gasteiger partial charge >= 0.3 is 0 Å². The zero-order valence-electron chi connectivity index (χ0n) is 9.90. The molecule has 0 aliphatic rings. The maximum atomic E-state index is 13.4. The highest BCUT2D eigenvalue weighted by atomic mass is 79.9. The van der Waals surface area contributed by atoms with E-state index in [0.717, 1.165) is 22.3 Å². The quantitative estimate of drug-likeness (QED) is 0.673. The fourth-order valence-electron chi connectivity index (χ4n) is 1.92. The standard InChI is InChI=1S/C12H14BrFN4/c1-2-18-11(5-6-16-18)12(17-15)9-7-8(14)3-4-10(9)13/h3-7,12,17H,2,15H2,1H3. The topological polar surface area (TPSA) is 55.9 Å². The van der Waals surface area contributed by atoms with Gasteiger partial charge in [-0.3, -0.25) is 10.5 Å². The Bertz CT molecular complexity index is 541. The van der Waals surface area contributed by atoms with Gasteiger partial charge < -0.3 is 0 Å². The van der Waals surface area contributed by atoms with E-state index in [1.165, 1.54) is 12.1 Å². The predicted molar refractivity (Wildman–Crippen MR) is 71.2 cm³/mol. The van der Waals surface area contributed by atoms with Crippen LogP contribution in [0.25, 0.3) is 0 Å². The number of halogens is 2. The molecule has 1 aromatic heterocycles. The van der Waals surface area contributed by atoms with E-state index in [1.54, 1.807) is 12.3 Å². The van der Waals surface area contributed by atoms with Gasteiger partial charge in [-0.1, -0.05) is 15.9 Å². The van der Waals surface area contributed by atoms with Gasteiger partial charge in [0.1, 0.15) is 5.82 Å². The maximum Gasteiger partial charge on any atom is 0.123 e. The molecule has 0 saturated carbocycles. The summed E-state index contributed by atoms with van der Waals surface area (Å²) >= 11 is 3.41. The number of hydrazine groups is 1. The first-order chi connectivity index (χ1) is 8.67. The highest BCUT2D eigenvalue weighted by Gasteiger charge is 2.19. The Kier molecular flexibility index (Phi) is 4.11. The lowest BCUT2D eigenvalue weighted by molar-refractivity contribution is 0.538. The van der Waals surface area contributed by atoms with Gasteiger partial charge in [0.15, 0.2) is 0 Å². The first-order valence-corrected chi connectivity index (χ1v) is 6.39. The van der Waals surface area contributed by atoms with Crippen LogP contribution in [0.5, 0.6) is 0 Å². The Morgan fingerprint density at radius 1 is 1.50 bits per heavy atom. The van der Waals surface area contributed by atoms with Gasteiger partial charge in [-0.25, -0.2) is 9.82 Å². The number of aryl methyl sites for hydroxylation is 1. The summed E-state index contributed by atoms with van der Waals surface area (Å²) in [7, 11) is 0. The van der Waals surface area contributed by atoms with E-state index in [9.17, 15) is 4.39 Å². The van der Waals surface area contributed by atoms with Crippen molar-refractivity contribution in [1.29, 1.82) is 0 Å². The molecule has 0 spiro atoms. The molecule has 96 valence electrons. The Morgan fingerprint density at radius 2 is 2.28 bits per heavy atom.